The molecule has 138 valence electrons. The minimum atomic E-state index is 0. The monoisotopic (exact) mass is 381 g/mol. The minimum absolute atomic E-state index is 0. The Labute approximate surface area is 163 Å². The fraction of sp³-hybridized carbons (Fsp3) is 0.550. The second-order valence-corrected chi connectivity index (χ2v) is 7.05. The zero-order chi connectivity index (χ0) is 15.5. The summed E-state index contributed by atoms with van der Waals surface area (Å²) in [7, 11) is 0. The number of nitrogens with one attached hydrogen (secondary N) is 1. The van der Waals surface area contributed by atoms with Crippen LogP contribution in [-0.4, -0.2) is 36.1 Å². The van der Waals surface area contributed by atoms with E-state index in [1.165, 1.54) is 43.1 Å². The molecule has 1 aromatic carbocycles. The summed E-state index contributed by atoms with van der Waals surface area (Å²) in [6, 6.07) is 11.5. The van der Waals surface area contributed by atoms with E-state index in [4.69, 9.17) is 0 Å². The largest absolute Gasteiger partial charge is 0.314 e. The van der Waals surface area contributed by atoms with Gasteiger partial charge in [-0.15, -0.1) is 24.8 Å². The van der Waals surface area contributed by atoms with E-state index in [1.807, 2.05) is 6.20 Å². The summed E-state index contributed by atoms with van der Waals surface area (Å²) in [6.07, 6.45) is 8.99. The molecule has 5 heteroatoms. The molecule has 2 heterocycles. The molecule has 0 bridgehead atoms. The molecule has 2 fully saturated rings. The molecule has 1 saturated carbocycles. The minimum Gasteiger partial charge on any atom is -0.314 e. The van der Waals surface area contributed by atoms with Gasteiger partial charge in [-0.25, -0.2) is 0 Å². The van der Waals surface area contributed by atoms with Crippen LogP contribution in [0.1, 0.15) is 43.7 Å². The number of fused-ring (bicyclic) bond motifs is 1. The summed E-state index contributed by atoms with van der Waals surface area (Å²) in [5, 5.41) is 4.86. The van der Waals surface area contributed by atoms with E-state index >= 15 is 0 Å². The molecule has 0 amide bonds. The van der Waals surface area contributed by atoms with Crippen LogP contribution < -0.4 is 5.32 Å². The number of piperazine rings is 1. The van der Waals surface area contributed by atoms with Gasteiger partial charge in [0.1, 0.15) is 0 Å². The maximum Gasteiger partial charge on any atom is 0.0705 e. The van der Waals surface area contributed by atoms with Gasteiger partial charge in [0.05, 0.1) is 5.52 Å². The Bertz CT molecular complexity index is 629. The van der Waals surface area contributed by atoms with Crippen LogP contribution in [0.5, 0.6) is 0 Å². The van der Waals surface area contributed by atoms with Crippen LogP contribution in [0.4, 0.5) is 0 Å². The van der Waals surface area contributed by atoms with E-state index in [0.29, 0.717) is 6.04 Å². The molecule has 0 unspecified atom stereocenters. The summed E-state index contributed by atoms with van der Waals surface area (Å²) < 4.78 is 0. The van der Waals surface area contributed by atoms with Gasteiger partial charge in [0.2, 0.25) is 0 Å². The average Bonchev–Trinajstić information content (AvgIpc) is 2.64. The Kier molecular flexibility index (Phi) is 7.95. The number of aromatic nitrogens is 1. The Balaban J connectivity index is 0.00000113. The van der Waals surface area contributed by atoms with E-state index < -0.39 is 0 Å². The van der Waals surface area contributed by atoms with Crippen LogP contribution in [-0.2, 0) is 0 Å². The molecule has 25 heavy (non-hydrogen) atoms. The van der Waals surface area contributed by atoms with E-state index in [2.05, 4.69) is 45.5 Å². The highest BCUT2D eigenvalue weighted by molar-refractivity contribution is 5.85. The van der Waals surface area contributed by atoms with Crippen molar-refractivity contribution >= 4 is 35.7 Å². The number of nitrogens with zero attached hydrogens (tertiary/aromatic N) is 2. The van der Waals surface area contributed by atoms with Crippen LogP contribution in [0.25, 0.3) is 10.9 Å². The number of para-hydroxylation sites is 1. The van der Waals surface area contributed by atoms with Gasteiger partial charge in [-0.3, -0.25) is 9.88 Å². The van der Waals surface area contributed by atoms with Gasteiger partial charge in [-0.1, -0.05) is 37.5 Å². The normalized spacial score (nSPS) is 20.5. The lowest BCUT2D eigenvalue weighted by atomic mass is 9.79. The van der Waals surface area contributed by atoms with Crippen molar-refractivity contribution in [3.63, 3.8) is 0 Å². The zero-order valence-corrected chi connectivity index (χ0v) is 16.3. The summed E-state index contributed by atoms with van der Waals surface area (Å²) in [5.41, 5.74) is 2.64. The quantitative estimate of drug-likeness (QED) is 0.841. The maximum atomic E-state index is 4.58. The van der Waals surface area contributed by atoms with Crippen LogP contribution in [0.15, 0.2) is 36.5 Å². The molecule has 1 N–H and O–H groups in total. The molecular weight excluding hydrogens is 353 g/mol. The highest BCUT2D eigenvalue weighted by Gasteiger charge is 2.31. The topological polar surface area (TPSA) is 28.2 Å². The number of hydrogen-bond donors (Lipinski definition) is 1. The summed E-state index contributed by atoms with van der Waals surface area (Å²) in [5.74, 6) is 0.799. The molecule has 0 radical (unpaired) electrons. The van der Waals surface area contributed by atoms with Crippen LogP contribution in [0.3, 0.4) is 0 Å². The van der Waals surface area contributed by atoms with Crippen LogP contribution in [0, 0.1) is 5.92 Å². The van der Waals surface area contributed by atoms with Crippen molar-refractivity contribution in [3.05, 3.63) is 42.1 Å². The number of benzene rings is 1. The van der Waals surface area contributed by atoms with Crippen LogP contribution >= 0.6 is 24.8 Å². The third-order valence-corrected chi connectivity index (χ3v) is 5.64. The predicted octanol–water partition coefficient (Wildman–Crippen LogP) is 4.61. The van der Waals surface area contributed by atoms with Gasteiger partial charge in [0, 0.05) is 43.8 Å². The fourth-order valence-corrected chi connectivity index (χ4v) is 4.53. The number of rotatable bonds is 3. The van der Waals surface area contributed by atoms with E-state index in [9.17, 15) is 0 Å². The lowest BCUT2D eigenvalue weighted by Crippen LogP contribution is -2.47. The van der Waals surface area contributed by atoms with Crippen molar-refractivity contribution in [2.75, 3.05) is 26.2 Å². The molecule has 1 aliphatic heterocycles. The number of halogens is 2. The Hall–Kier alpha value is -0.870. The molecule has 0 spiro atoms. The lowest BCUT2D eigenvalue weighted by Gasteiger charge is -2.41. The van der Waals surface area contributed by atoms with Crippen LogP contribution in [0.2, 0.25) is 0 Å². The SMILES string of the molecule is Cl.Cl.c1ccc2c([C@H](C3CCCCC3)N3CCNCC3)ccnc2c1. The van der Waals surface area contributed by atoms with Crippen molar-refractivity contribution in [1.82, 2.24) is 15.2 Å². The first-order valence-corrected chi connectivity index (χ1v) is 9.22. The number of hydrogen-bond acceptors (Lipinski definition) is 3. The molecule has 1 saturated heterocycles. The zero-order valence-electron chi connectivity index (χ0n) is 14.7. The van der Waals surface area contributed by atoms with E-state index in [0.717, 1.165) is 37.6 Å². The predicted molar refractivity (Wildman–Crippen MR) is 110 cm³/mol. The van der Waals surface area contributed by atoms with Gasteiger partial charge >= 0.3 is 0 Å². The van der Waals surface area contributed by atoms with Crippen molar-refractivity contribution < 1.29 is 0 Å². The molecule has 1 aromatic heterocycles. The summed E-state index contributed by atoms with van der Waals surface area (Å²) in [4.78, 5) is 7.31. The first-order chi connectivity index (χ1) is 11.4. The van der Waals surface area contributed by atoms with Gasteiger partial charge in [0.15, 0.2) is 0 Å². The first kappa shape index (κ1) is 20.4. The van der Waals surface area contributed by atoms with Crippen molar-refractivity contribution in [2.24, 2.45) is 5.92 Å². The summed E-state index contributed by atoms with van der Waals surface area (Å²) in [6.45, 7) is 4.56. The molecule has 4 rings (SSSR count). The maximum absolute atomic E-state index is 4.58. The third-order valence-electron chi connectivity index (χ3n) is 5.64. The molecule has 1 aliphatic carbocycles. The van der Waals surface area contributed by atoms with Gasteiger partial charge in [-0.2, -0.15) is 0 Å². The second kappa shape index (κ2) is 9.72. The number of pyridine rings is 1. The Morgan fingerprint density at radius 3 is 2.44 bits per heavy atom. The lowest BCUT2D eigenvalue weighted by molar-refractivity contribution is 0.104. The Morgan fingerprint density at radius 1 is 0.960 bits per heavy atom. The second-order valence-electron chi connectivity index (χ2n) is 7.05. The molecule has 1 atom stereocenters. The average molecular weight is 382 g/mol. The van der Waals surface area contributed by atoms with Crippen molar-refractivity contribution in [2.45, 2.75) is 38.1 Å². The highest BCUT2D eigenvalue weighted by atomic mass is 35.5. The van der Waals surface area contributed by atoms with Gasteiger partial charge in [0.25, 0.3) is 0 Å². The van der Waals surface area contributed by atoms with E-state index in [1.54, 1.807) is 0 Å². The molecule has 2 aromatic rings. The first-order valence-electron chi connectivity index (χ1n) is 9.22. The third kappa shape index (κ3) is 4.46. The highest BCUT2D eigenvalue weighted by Crippen LogP contribution is 2.40. The molecular formula is C20H29Cl2N3. The van der Waals surface area contributed by atoms with E-state index in [-0.39, 0.29) is 24.8 Å². The fourth-order valence-electron chi connectivity index (χ4n) is 4.53. The summed E-state index contributed by atoms with van der Waals surface area (Å²) >= 11 is 0. The van der Waals surface area contributed by atoms with Crippen molar-refractivity contribution in [3.8, 4) is 0 Å². The molecule has 2 aliphatic rings. The van der Waals surface area contributed by atoms with Gasteiger partial charge < -0.3 is 5.32 Å². The standard InChI is InChI=1S/C20H27N3.2ClH/c1-2-6-16(7-3-1)20(23-14-12-21-13-15-23)18-10-11-22-19-9-5-4-8-17(18)19;;/h4-5,8-11,16,20-21H,1-3,6-7,12-15H2;2*1H/t20-;;/m0../s1. The van der Waals surface area contributed by atoms with Crippen molar-refractivity contribution in [1.29, 1.82) is 0 Å². The van der Waals surface area contributed by atoms with Gasteiger partial charge in [-0.05, 0) is 36.5 Å². The Morgan fingerprint density at radius 2 is 1.68 bits per heavy atom. The molecule has 3 nitrogen and oxygen atoms in total. The smallest absolute Gasteiger partial charge is 0.0705 e.